The van der Waals surface area contributed by atoms with E-state index in [-0.39, 0.29) is 52.0 Å². The van der Waals surface area contributed by atoms with Gasteiger partial charge in [0.15, 0.2) is 0 Å². The Balaban J connectivity index is 1.02. The molecule has 14 nitrogen and oxygen atoms in total. The van der Waals surface area contributed by atoms with E-state index >= 15 is 0 Å². The maximum Gasteiger partial charge on any atom is 0.268 e. The second-order valence-electron chi connectivity index (χ2n) is 19.4. The third kappa shape index (κ3) is 12.6. The number of benzene rings is 3. The van der Waals surface area contributed by atoms with Crippen molar-refractivity contribution in [2.75, 3.05) is 70.7 Å². The smallest absolute Gasteiger partial charge is 0.268 e. The second kappa shape index (κ2) is 21.0. The number of nitrogens with zero attached hydrogens (tertiary/aromatic N) is 5. The molecule has 18 heteroatoms. The number of allylic oxidation sites excluding steroid dienone is 1. The van der Waals surface area contributed by atoms with E-state index in [0.29, 0.717) is 37.6 Å². The highest BCUT2D eigenvalue weighted by molar-refractivity contribution is 7.90. The number of anilines is 1. The predicted octanol–water partition coefficient (Wildman–Crippen LogP) is 9.54. The molecule has 67 heavy (non-hydrogen) atoms. The van der Waals surface area contributed by atoms with Crippen LogP contribution in [0.15, 0.2) is 89.6 Å². The fraction of sp³-hybridized carbons (Fsp3) is 0.449. The summed E-state index contributed by atoms with van der Waals surface area (Å²) in [5.74, 6) is -0.240. The summed E-state index contributed by atoms with van der Waals surface area (Å²) in [6.07, 6.45) is 5.71. The van der Waals surface area contributed by atoms with Crippen LogP contribution < -0.4 is 19.1 Å². The number of hydrogen-bond donors (Lipinski definition) is 1. The Labute approximate surface area is 404 Å². The second-order valence-corrected chi connectivity index (χ2v) is 27.6. The number of hydrogen-bond acceptors (Lipinski definition) is 12. The summed E-state index contributed by atoms with van der Waals surface area (Å²) in [7, 11) is -5.73. The van der Waals surface area contributed by atoms with Crippen molar-refractivity contribution in [3.8, 4) is 17.4 Å². The average Bonchev–Trinajstić information content (AvgIpc) is 3.72. The highest BCUT2D eigenvalue weighted by Crippen LogP contribution is 2.44. The van der Waals surface area contributed by atoms with Crippen LogP contribution in [0.5, 0.6) is 17.4 Å². The van der Waals surface area contributed by atoms with E-state index in [4.69, 9.17) is 46.9 Å². The molecule has 0 bridgehead atoms. The Kier molecular flexibility index (Phi) is 15.3. The summed E-state index contributed by atoms with van der Waals surface area (Å²) < 4.78 is 60.8. The molecule has 4 heterocycles. The van der Waals surface area contributed by atoms with Crippen molar-refractivity contribution in [2.24, 2.45) is 5.41 Å². The molecule has 3 aromatic carbocycles. The molecular formula is C49H60Cl2N6O8SSi. The lowest BCUT2D eigenvalue weighted by atomic mass is 9.72. The number of carbonyl (C=O) groups excluding carboxylic acids is 1. The number of amides is 1. The first-order chi connectivity index (χ1) is 32.0. The molecule has 358 valence electrons. The lowest BCUT2D eigenvalue weighted by molar-refractivity contribution is -0.102. The minimum absolute atomic E-state index is 0.0145. The van der Waals surface area contributed by atoms with Gasteiger partial charge in [0.1, 0.15) is 40.9 Å². The number of halogens is 2. The summed E-state index contributed by atoms with van der Waals surface area (Å²) >= 11 is 12.7. The Morgan fingerprint density at radius 3 is 2.49 bits per heavy atom. The molecule has 8 rings (SSSR count). The quantitative estimate of drug-likeness (QED) is 0.0699. The number of ether oxygens (including phenoxy) is 5. The van der Waals surface area contributed by atoms with Gasteiger partial charge < -0.3 is 28.6 Å². The topological polar surface area (TPSA) is 147 Å². The molecule has 3 aliphatic rings. The van der Waals surface area contributed by atoms with Gasteiger partial charge in [-0.05, 0) is 84.3 Å². The van der Waals surface area contributed by atoms with Gasteiger partial charge >= 0.3 is 0 Å². The van der Waals surface area contributed by atoms with Crippen LogP contribution in [0.2, 0.25) is 35.7 Å². The average molecular weight is 992 g/mol. The number of fused-ring (bicyclic) bond motifs is 1. The molecule has 2 saturated heterocycles. The molecule has 2 aliphatic heterocycles. The molecule has 1 N–H and O–H groups in total. The maximum atomic E-state index is 14.1. The zero-order valence-corrected chi connectivity index (χ0v) is 42.2. The van der Waals surface area contributed by atoms with E-state index in [0.717, 1.165) is 80.5 Å². The van der Waals surface area contributed by atoms with E-state index in [1.54, 1.807) is 29.1 Å². The molecule has 2 fully saturated rings. The van der Waals surface area contributed by atoms with Crippen LogP contribution in [-0.2, 0) is 31.0 Å². The highest BCUT2D eigenvalue weighted by Gasteiger charge is 2.30. The summed E-state index contributed by atoms with van der Waals surface area (Å²) in [6.45, 7) is 18.0. The fourth-order valence-corrected chi connectivity index (χ4v) is 10.6. The van der Waals surface area contributed by atoms with Crippen LogP contribution in [0.4, 0.5) is 5.69 Å². The minimum atomic E-state index is -4.46. The fourth-order valence-electron chi connectivity index (χ4n) is 8.50. The first kappa shape index (κ1) is 48.9. The van der Waals surface area contributed by atoms with Gasteiger partial charge in [-0.3, -0.25) is 9.69 Å². The van der Waals surface area contributed by atoms with Crippen LogP contribution >= 0.6 is 23.2 Å². The van der Waals surface area contributed by atoms with Gasteiger partial charge in [0.2, 0.25) is 5.88 Å². The van der Waals surface area contributed by atoms with Crippen molar-refractivity contribution < 1.29 is 36.9 Å². The zero-order chi connectivity index (χ0) is 47.3. The van der Waals surface area contributed by atoms with Crippen molar-refractivity contribution in [3.05, 3.63) is 106 Å². The number of nitrogens with one attached hydrogen (secondary N) is 1. The monoisotopic (exact) mass is 990 g/mol. The number of carbonyl (C=O) groups is 1. The largest absolute Gasteiger partial charge is 0.474 e. The Hall–Kier alpha value is -4.52. The maximum absolute atomic E-state index is 14.1. The summed E-state index contributed by atoms with van der Waals surface area (Å²) in [5.41, 5.74) is 6.01. The van der Waals surface area contributed by atoms with Crippen LogP contribution in [0.1, 0.15) is 49.0 Å². The molecular weight excluding hydrogens is 932 g/mol. The number of sulfonamides is 1. The summed E-state index contributed by atoms with van der Waals surface area (Å²) in [6, 6.07) is 21.3. The van der Waals surface area contributed by atoms with Crippen molar-refractivity contribution >= 4 is 69.4 Å². The van der Waals surface area contributed by atoms with E-state index < -0.39 is 24.0 Å². The Morgan fingerprint density at radius 2 is 1.76 bits per heavy atom. The predicted molar refractivity (Wildman–Crippen MR) is 265 cm³/mol. The molecule has 5 aromatic rings. The molecule has 0 radical (unpaired) electrons. The number of rotatable bonds is 17. The highest BCUT2D eigenvalue weighted by atomic mass is 35.5. The van der Waals surface area contributed by atoms with Crippen molar-refractivity contribution in [1.82, 2.24) is 24.4 Å². The van der Waals surface area contributed by atoms with Gasteiger partial charge in [-0.25, -0.2) is 22.8 Å². The van der Waals surface area contributed by atoms with E-state index in [1.165, 1.54) is 22.8 Å². The molecule has 2 aromatic heterocycles. The first-order valence-corrected chi connectivity index (χ1v) is 28.8. The molecule has 0 spiro atoms. The van der Waals surface area contributed by atoms with E-state index in [1.807, 2.05) is 30.3 Å². The molecule has 1 aliphatic carbocycles. The first-order valence-electron chi connectivity index (χ1n) is 22.8. The van der Waals surface area contributed by atoms with Gasteiger partial charge in [-0.15, -0.1) is 0 Å². The van der Waals surface area contributed by atoms with E-state index in [2.05, 4.69) is 70.2 Å². The standard InChI is InChI=1S/C49H60Cl2N6O8SSi/c1-49(2)16-15-35(41(27-49)34-9-11-36(50)12-10-34)30-55-17-19-56(20-18-55)37-13-14-40(46(25-37)65-45-8-6-7-44-42(45)29-53-57(44)33-62-23-24-67(3,4)5)47(58)54-66(59,60)39-26-43(51)48(52-28-39)64-32-38-31-61-21-22-63-38/h6-14,25-26,28-29,38H,15-24,27,30-33H2,1-5H3,(H,54,58). The lowest BCUT2D eigenvalue weighted by Gasteiger charge is -2.39. The lowest BCUT2D eigenvalue weighted by Crippen LogP contribution is -2.47. The van der Waals surface area contributed by atoms with Gasteiger partial charge in [0, 0.05) is 64.2 Å². The number of piperazine rings is 1. The molecule has 0 saturated carbocycles. The van der Waals surface area contributed by atoms with Gasteiger partial charge in [0.05, 0.1) is 48.7 Å². The molecule has 1 unspecified atom stereocenters. The minimum Gasteiger partial charge on any atom is -0.474 e. The van der Waals surface area contributed by atoms with Crippen LogP contribution in [0.25, 0.3) is 16.5 Å². The van der Waals surface area contributed by atoms with Gasteiger partial charge in [-0.1, -0.05) is 80.5 Å². The molecule has 1 amide bonds. The number of aromatic nitrogens is 3. The zero-order valence-electron chi connectivity index (χ0n) is 38.9. The van der Waals surface area contributed by atoms with E-state index in [9.17, 15) is 13.2 Å². The third-order valence-electron chi connectivity index (χ3n) is 12.4. The SMILES string of the molecule is CC1(C)CCC(CN2CCN(c3ccc(C(=O)NS(=O)(=O)c4cnc(OCC5COCCO5)c(Cl)c4)c(Oc4cccc5c4cnn5COCC[Si](C)(C)C)c3)CC2)=C(c2ccc(Cl)cc2)C1. The molecule has 1 atom stereocenters. The Morgan fingerprint density at radius 1 is 0.970 bits per heavy atom. The van der Waals surface area contributed by atoms with Gasteiger partial charge in [-0.2, -0.15) is 5.10 Å². The Bertz CT molecular complexity index is 2700. The summed E-state index contributed by atoms with van der Waals surface area (Å²) in [5, 5.41) is 6.00. The third-order valence-corrected chi connectivity index (χ3v) is 16.0. The van der Waals surface area contributed by atoms with Crippen LogP contribution in [0, 0.1) is 5.41 Å². The summed E-state index contributed by atoms with van der Waals surface area (Å²) in [4.78, 5) is 22.7. The van der Waals surface area contributed by atoms with Crippen molar-refractivity contribution in [2.45, 2.75) is 76.5 Å². The van der Waals surface area contributed by atoms with Gasteiger partial charge in [0.25, 0.3) is 15.9 Å². The normalized spacial score (nSPS) is 18.3. The van der Waals surface area contributed by atoms with Crippen LogP contribution in [0.3, 0.4) is 0 Å². The van der Waals surface area contributed by atoms with Crippen molar-refractivity contribution in [3.63, 3.8) is 0 Å². The number of pyridine rings is 1. The van der Waals surface area contributed by atoms with Crippen molar-refractivity contribution in [1.29, 1.82) is 0 Å². The van der Waals surface area contributed by atoms with Crippen LogP contribution in [-0.4, -0.2) is 114 Å².